The van der Waals surface area contributed by atoms with Crippen molar-refractivity contribution >= 4 is 51.7 Å². The minimum atomic E-state index is -2.31. The van der Waals surface area contributed by atoms with Crippen molar-refractivity contribution in [3.05, 3.63) is 96.8 Å². The van der Waals surface area contributed by atoms with Crippen LogP contribution in [0.25, 0.3) is 22.4 Å². The van der Waals surface area contributed by atoms with Crippen LogP contribution in [-0.2, 0) is 4.79 Å². The normalized spacial score (nSPS) is 18.3. The summed E-state index contributed by atoms with van der Waals surface area (Å²) in [6.45, 7) is 0. The van der Waals surface area contributed by atoms with Crippen molar-refractivity contribution in [3.63, 3.8) is 0 Å². The smallest absolute Gasteiger partial charge is 0.387 e. The van der Waals surface area contributed by atoms with Crippen molar-refractivity contribution in [2.75, 3.05) is 0 Å². The number of benzene rings is 2. The molecule has 0 spiro atoms. The van der Waals surface area contributed by atoms with E-state index in [4.69, 9.17) is 23.2 Å². The van der Waals surface area contributed by atoms with Gasteiger partial charge in [-0.1, -0.05) is 65.7 Å². The first-order chi connectivity index (χ1) is 14.8. The van der Waals surface area contributed by atoms with Gasteiger partial charge in [-0.05, 0) is 29.3 Å². The molecular formula is C22H14Cl2N2O4S. The van der Waals surface area contributed by atoms with E-state index in [1.165, 1.54) is 17.4 Å². The number of aliphatic carboxylic acids is 1. The van der Waals surface area contributed by atoms with Gasteiger partial charge in [0, 0.05) is 26.5 Å². The summed E-state index contributed by atoms with van der Waals surface area (Å²) in [5.41, 5.74) is -0.0365. The Bertz CT molecular complexity index is 1240. The van der Waals surface area contributed by atoms with Gasteiger partial charge in [0.1, 0.15) is 5.01 Å². The van der Waals surface area contributed by atoms with Crippen molar-refractivity contribution in [2.45, 2.75) is 12.0 Å². The van der Waals surface area contributed by atoms with Crippen LogP contribution in [0.5, 0.6) is 0 Å². The maximum absolute atomic E-state index is 12.2. The van der Waals surface area contributed by atoms with Gasteiger partial charge in [-0.2, -0.15) is 0 Å². The Balaban J connectivity index is 1.81. The molecule has 2 aromatic carbocycles. The van der Waals surface area contributed by atoms with E-state index in [2.05, 4.69) is 4.98 Å². The molecule has 1 aromatic heterocycles. The minimum Gasteiger partial charge on any atom is -0.476 e. The molecule has 3 aromatic rings. The summed E-state index contributed by atoms with van der Waals surface area (Å²) >= 11 is 13.6. The third-order valence-electron chi connectivity index (χ3n) is 5.08. The lowest BCUT2D eigenvalue weighted by atomic mass is 9.77. The summed E-state index contributed by atoms with van der Waals surface area (Å²) < 4.78 is 0. The second-order valence-electron chi connectivity index (χ2n) is 6.90. The molecule has 1 N–H and O–H groups in total. The van der Waals surface area contributed by atoms with Crippen LogP contribution in [0.1, 0.15) is 17.0 Å². The fourth-order valence-corrected chi connectivity index (χ4v) is 4.75. The summed E-state index contributed by atoms with van der Waals surface area (Å²) in [5, 5.41) is 25.3. The first-order valence-corrected chi connectivity index (χ1v) is 10.7. The first-order valence-electron chi connectivity index (χ1n) is 9.09. The van der Waals surface area contributed by atoms with Gasteiger partial charge in [0.25, 0.3) is 0 Å². The van der Waals surface area contributed by atoms with Gasteiger partial charge in [0.05, 0.1) is 17.1 Å². The predicted octanol–water partition coefficient (Wildman–Crippen LogP) is 6.09. The zero-order chi connectivity index (χ0) is 22.2. The molecule has 0 fully saturated rings. The summed E-state index contributed by atoms with van der Waals surface area (Å²) in [5.74, 6) is -1.52. The monoisotopic (exact) mass is 472 g/mol. The van der Waals surface area contributed by atoms with E-state index in [0.717, 1.165) is 0 Å². The summed E-state index contributed by atoms with van der Waals surface area (Å²) in [6, 6.07) is 13.5. The highest BCUT2D eigenvalue weighted by Gasteiger charge is 2.57. The van der Waals surface area contributed by atoms with Crippen LogP contribution in [0.15, 0.2) is 66.1 Å². The Kier molecular flexibility index (Phi) is 5.66. The number of hydrogen-bond donors (Lipinski definition) is 1. The number of thiazole rings is 1. The summed E-state index contributed by atoms with van der Waals surface area (Å²) in [4.78, 5) is 28.1. The number of nitrogens with zero attached hydrogens (tertiary/aromatic N) is 2. The molecule has 31 heavy (non-hydrogen) atoms. The van der Waals surface area contributed by atoms with E-state index in [-0.39, 0.29) is 12.0 Å². The number of hydrogen-bond acceptors (Lipinski definition) is 5. The molecule has 1 aliphatic rings. The van der Waals surface area contributed by atoms with E-state index in [1.54, 1.807) is 60.0 Å². The number of nitro groups is 1. The molecule has 0 saturated carbocycles. The maximum Gasteiger partial charge on any atom is 0.387 e. The molecule has 156 valence electrons. The zero-order valence-electron chi connectivity index (χ0n) is 15.8. The average Bonchev–Trinajstić information content (AvgIpc) is 3.25. The molecule has 0 saturated heterocycles. The molecule has 1 heterocycles. The molecule has 1 unspecified atom stereocenters. The molecule has 0 bridgehead atoms. The molecule has 1 aliphatic carbocycles. The second-order valence-corrected chi connectivity index (χ2v) is 8.60. The Labute approximate surface area is 191 Å². The standard InChI is InChI=1S/C22H14Cl2N2O4S/c23-15-7-9-18(24)16(10-15)19-12-31-20(25-19)14-6-8-17(13-4-2-1-3-5-13)22(11-14,21(27)28)26(29)30/h1-10,12H,11H2,(H,27,28). The van der Waals surface area contributed by atoms with Gasteiger partial charge in [-0.25, -0.2) is 9.78 Å². The highest BCUT2D eigenvalue weighted by molar-refractivity contribution is 7.11. The number of rotatable bonds is 5. The lowest BCUT2D eigenvalue weighted by molar-refractivity contribution is -0.535. The van der Waals surface area contributed by atoms with E-state index in [9.17, 15) is 20.0 Å². The first kappa shape index (κ1) is 21.2. The molecular weight excluding hydrogens is 459 g/mol. The highest BCUT2D eigenvalue weighted by Crippen LogP contribution is 2.43. The van der Waals surface area contributed by atoms with Gasteiger partial charge >= 0.3 is 11.5 Å². The van der Waals surface area contributed by atoms with Crippen LogP contribution in [0, 0.1) is 10.1 Å². The van der Waals surface area contributed by atoms with Crippen LogP contribution in [0.2, 0.25) is 10.0 Å². The average molecular weight is 473 g/mol. The van der Waals surface area contributed by atoms with Crippen molar-refractivity contribution in [3.8, 4) is 11.3 Å². The van der Waals surface area contributed by atoms with Crippen LogP contribution in [0.4, 0.5) is 0 Å². The van der Waals surface area contributed by atoms with Crippen molar-refractivity contribution < 1.29 is 14.8 Å². The number of carbonyl (C=O) groups is 1. The lowest BCUT2D eigenvalue weighted by Crippen LogP contribution is -2.48. The van der Waals surface area contributed by atoms with Crippen LogP contribution >= 0.6 is 34.5 Å². The Morgan fingerprint density at radius 3 is 2.58 bits per heavy atom. The lowest BCUT2D eigenvalue weighted by Gasteiger charge is -2.27. The molecule has 0 radical (unpaired) electrons. The number of aromatic nitrogens is 1. The molecule has 1 atom stereocenters. The summed E-state index contributed by atoms with van der Waals surface area (Å²) in [7, 11) is 0. The predicted molar refractivity (Wildman–Crippen MR) is 122 cm³/mol. The Morgan fingerprint density at radius 2 is 1.90 bits per heavy atom. The van der Waals surface area contributed by atoms with E-state index < -0.39 is 16.4 Å². The van der Waals surface area contributed by atoms with E-state index >= 15 is 0 Å². The maximum atomic E-state index is 12.2. The fraction of sp³-hybridized carbons (Fsp3) is 0.0909. The van der Waals surface area contributed by atoms with Gasteiger partial charge in [-0.3, -0.25) is 10.1 Å². The van der Waals surface area contributed by atoms with Gasteiger partial charge in [0.15, 0.2) is 0 Å². The van der Waals surface area contributed by atoms with Gasteiger partial charge in [-0.15, -0.1) is 11.3 Å². The molecule has 0 aliphatic heterocycles. The largest absolute Gasteiger partial charge is 0.476 e. The van der Waals surface area contributed by atoms with E-state index in [0.29, 0.717) is 37.4 Å². The van der Waals surface area contributed by atoms with Crippen LogP contribution < -0.4 is 0 Å². The molecule has 0 amide bonds. The van der Waals surface area contributed by atoms with Crippen molar-refractivity contribution in [2.24, 2.45) is 0 Å². The van der Waals surface area contributed by atoms with Crippen LogP contribution in [-0.4, -0.2) is 26.5 Å². The quantitative estimate of drug-likeness (QED) is 0.358. The third kappa shape index (κ3) is 3.76. The van der Waals surface area contributed by atoms with Crippen LogP contribution in [0.3, 0.4) is 0 Å². The topological polar surface area (TPSA) is 93.3 Å². The highest BCUT2D eigenvalue weighted by atomic mass is 35.5. The molecule has 9 heteroatoms. The number of carboxylic acid groups (broad SMARTS) is 1. The van der Waals surface area contributed by atoms with Crippen molar-refractivity contribution in [1.82, 2.24) is 4.98 Å². The second kappa shape index (κ2) is 8.26. The number of carboxylic acids is 1. The van der Waals surface area contributed by atoms with Crippen molar-refractivity contribution in [1.29, 1.82) is 0 Å². The number of halogens is 2. The van der Waals surface area contributed by atoms with E-state index in [1.807, 2.05) is 0 Å². The zero-order valence-corrected chi connectivity index (χ0v) is 18.1. The van der Waals surface area contributed by atoms with Gasteiger partial charge in [0.2, 0.25) is 0 Å². The molecule has 6 nitrogen and oxygen atoms in total. The fourth-order valence-electron chi connectivity index (χ4n) is 3.52. The number of allylic oxidation sites excluding steroid dienone is 2. The molecule has 4 rings (SSSR count). The summed E-state index contributed by atoms with van der Waals surface area (Å²) in [6.07, 6.45) is 2.86. The minimum absolute atomic E-state index is 0.129. The Hall–Kier alpha value is -3.00. The Morgan fingerprint density at radius 1 is 1.16 bits per heavy atom. The SMILES string of the molecule is O=C(O)C1([N+](=O)[O-])CC(c2nc(-c3cc(Cl)ccc3Cl)cs2)=CC=C1c1ccccc1. The van der Waals surface area contributed by atoms with Gasteiger partial charge < -0.3 is 5.11 Å². The third-order valence-corrected chi connectivity index (χ3v) is 6.56.